The molecule has 0 unspecified atom stereocenters. The van der Waals surface area contributed by atoms with Crippen LogP contribution in [0.4, 0.5) is 0 Å². The normalized spacial score (nSPS) is 24.7. The number of nitrogens with one attached hydrogen (secondary N) is 2. The standard InChI is InChI=1S/C24H28N2O4/c27-23(14-17-4-2-1-3-5-17)26-25-15-20-19(21-12-13-22(20)30-21)11-8-16-6-9-18(10-7-16)24(28)29/h1-7,9-10,19-22,25H,8,11-15H2,(H,26,27)(H,28,29)/t19-,20-,21-,22+/m1/s1. The van der Waals surface area contributed by atoms with Crippen molar-refractivity contribution in [2.45, 2.75) is 44.3 Å². The van der Waals surface area contributed by atoms with E-state index in [4.69, 9.17) is 9.84 Å². The Bertz CT molecular complexity index is 869. The van der Waals surface area contributed by atoms with Crippen LogP contribution in [0, 0.1) is 11.8 Å². The van der Waals surface area contributed by atoms with E-state index < -0.39 is 5.97 Å². The van der Waals surface area contributed by atoms with Crippen LogP contribution in [0.25, 0.3) is 0 Å². The minimum Gasteiger partial charge on any atom is -0.478 e. The van der Waals surface area contributed by atoms with Crippen molar-refractivity contribution in [1.29, 1.82) is 0 Å². The summed E-state index contributed by atoms with van der Waals surface area (Å²) in [6.45, 7) is 0.699. The molecule has 0 aliphatic carbocycles. The molecule has 6 heteroatoms. The van der Waals surface area contributed by atoms with Gasteiger partial charge in [-0.15, -0.1) is 0 Å². The number of benzene rings is 2. The van der Waals surface area contributed by atoms with Crippen LogP contribution in [0.2, 0.25) is 0 Å². The number of hydrogen-bond acceptors (Lipinski definition) is 4. The first-order chi connectivity index (χ1) is 14.6. The lowest BCUT2D eigenvalue weighted by Gasteiger charge is -2.28. The first-order valence-corrected chi connectivity index (χ1v) is 10.6. The van der Waals surface area contributed by atoms with Gasteiger partial charge in [0.1, 0.15) is 0 Å². The van der Waals surface area contributed by atoms with Gasteiger partial charge in [-0.05, 0) is 54.9 Å². The predicted molar refractivity (Wildman–Crippen MR) is 113 cm³/mol. The van der Waals surface area contributed by atoms with Gasteiger partial charge in [-0.1, -0.05) is 42.5 Å². The summed E-state index contributed by atoms with van der Waals surface area (Å²) in [5.41, 5.74) is 8.42. The Morgan fingerprint density at radius 3 is 2.33 bits per heavy atom. The van der Waals surface area contributed by atoms with Crippen LogP contribution >= 0.6 is 0 Å². The summed E-state index contributed by atoms with van der Waals surface area (Å²) in [4.78, 5) is 23.2. The van der Waals surface area contributed by atoms with E-state index in [0.29, 0.717) is 36.5 Å². The second-order valence-corrected chi connectivity index (χ2v) is 8.25. The molecule has 6 nitrogen and oxygen atoms in total. The van der Waals surface area contributed by atoms with Crippen LogP contribution < -0.4 is 10.9 Å². The third-order valence-corrected chi connectivity index (χ3v) is 6.33. The van der Waals surface area contributed by atoms with Gasteiger partial charge < -0.3 is 9.84 Å². The molecule has 158 valence electrons. The lowest BCUT2D eigenvalue weighted by atomic mass is 9.76. The summed E-state index contributed by atoms with van der Waals surface area (Å²) < 4.78 is 6.16. The predicted octanol–water partition coefficient (Wildman–Crippen LogP) is 2.97. The average Bonchev–Trinajstić information content (AvgIpc) is 3.35. The zero-order valence-electron chi connectivity index (χ0n) is 16.9. The number of carboxylic acid groups (broad SMARTS) is 1. The first kappa shape index (κ1) is 20.6. The van der Waals surface area contributed by atoms with E-state index in [-0.39, 0.29) is 12.0 Å². The van der Waals surface area contributed by atoms with E-state index >= 15 is 0 Å². The largest absolute Gasteiger partial charge is 0.478 e. The number of hydrogen-bond donors (Lipinski definition) is 3. The molecule has 3 N–H and O–H groups in total. The molecule has 2 aromatic carbocycles. The third-order valence-electron chi connectivity index (χ3n) is 6.33. The fourth-order valence-electron chi connectivity index (χ4n) is 4.79. The van der Waals surface area contributed by atoms with Crippen molar-refractivity contribution in [3.8, 4) is 0 Å². The molecule has 2 aliphatic heterocycles. The molecule has 4 rings (SSSR count). The maximum Gasteiger partial charge on any atom is 0.335 e. The molecule has 0 aromatic heterocycles. The number of amides is 1. The Balaban J connectivity index is 1.27. The highest BCUT2D eigenvalue weighted by Gasteiger charge is 2.48. The Hall–Kier alpha value is -2.70. The van der Waals surface area contributed by atoms with Crippen LogP contribution in [0.5, 0.6) is 0 Å². The van der Waals surface area contributed by atoms with Gasteiger partial charge in [-0.3, -0.25) is 10.2 Å². The molecule has 0 spiro atoms. The fraction of sp³-hybridized carbons (Fsp3) is 0.417. The van der Waals surface area contributed by atoms with E-state index in [9.17, 15) is 9.59 Å². The van der Waals surface area contributed by atoms with Gasteiger partial charge in [0, 0.05) is 12.5 Å². The van der Waals surface area contributed by atoms with Gasteiger partial charge in [0.25, 0.3) is 0 Å². The zero-order valence-corrected chi connectivity index (χ0v) is 16.9. The van der Waals surface area contributed by atoms with Crippen molar-refractivity contribution in [3.63, 3.8) is 0 Å². The van der Waals surface area contributed by atoms with Crippen molar-refractivity contribution in [3.05, 3.63) is 71.3 Å². The molecule has 30 heavy (non-hydrogen) atoms. The zero-order chi connectivity index (χ0) is 20.9. The molecule has 2 aliphatic rings. The molecular formula is C24H28N2O4. The number of carbonyl (C=O) groups excluding carboxylic acids is 1. The van der Waals surface area contributed by atoms with Crippen LogP contribution in [-0.4, -0.2) is 35.7 Å². The summed E-state index contributed by atoms with van der Waals surface area (Å²) in [7, 11) is 0. The minimum atomic E-state index is -0.900. The summed E-state index contributed by atoms with van der Waals surface area (Å²) >= 11 is 0. The quantitative estimate of drug-likeness (QED) is 0.555. The van der Waals surface area contributed by atoms with E-state index in [1.807, 2.05) is 42.5 Å². The van der Waals surface area contributed by atoms with Gasteiger partial charge in [0.05, 0.1) is 24.2 Å². The monoisotopic (exact) mass is 408 g/mol. The molecule has 0 radical (unpaired) electrons. The number of ether oxygens (including phenoxy) is 1. The molecule has 0 saturated carbocycles. The van der Waals surface area contributed by atoms with Crippen LogP contribution in [0.1, 0.15) is 40.7 Å². The van der Waals surface area contributed by atoms with Crippen LogP contribution in [0.3, 0.4) is 0 Å². The maximum atomic E-state index is 12.2. The molecular weight excluding hydrogens is 380 g/mol. The van der Waals surface area contributed by atoms with Gasteiger partial charge >= 0.3 is 5.97 Å². The second kappa shape index (κ2) is 9.41. The Morgan fingerprint density at radius 2 is 1.63 bits per heavy atom. The molecule has 1 amide bonds. The molecule has 2 heterocycles. The second-order valence-electron chi connectivity index (χ2n) is 8.25. The number of aromatic carboxylic acids is 1. The molecule has 4 atom stereocenters. The lowest BCUT2D eigenvalue weighted by Crippen LogP contribution is -2.44. The van der Waals surface area contributed by atoms with Gasteiger partial charge in [-0.25, -0.2) is 10.2 Å². The van der Waals surface area contributed by atoms with Crippen molar-refractivity contribution >= 4 is 11.9 Å². The van der Waals surface area contributed by atoms with Crippen molar-refractivity contribution in [2.75, 3.05) is 6.54 Å². The number of fused-ring (bicyclic) bond motifs is 2. The molecule has 2 fully saturated rings. The fourth-order valence-corrected chi connectivity index (χ4v) is 4.79. The molecule has 2 bridgehead atoms. The summed E-state index contributed by atoms with van der Waals surface area (Å²) in [6, 6.07) is 16.8. The number of carboxylic acids is 1. The van der Waals surface area contributed by atoms with Crippen LogP contribution in [-0.2, 0) is 22.4 Å². The highest BCUT2D eigenvalue weighted by Crippen LogP contribution is 2.45. The maximum absolute atomic E-state index is 12.2. The van der Waals surface area contributed by atoms with Gasteiger partial charge in [0.2, 0.25) is 5.91 Å². The van der Waals surface area contributed by atoms with E-state index in [1.165, 1.54) is 0 Å². The van der Waals surface area contributed by atoms with E-state index in [1.54, 1.807) is 12.1 Å². The highest BCUT2D eigenvalue weighted by molar-refractivity contribution is 5.87. The summed E-state index contributed by atoms with van der Waals surface area (Å²) in [5, 5.41) is 9.04. The van der Waals surface area contributed by atoms with Gasteiger partial charge in [0.15, 0.2) is 0 Å². The smallest absolute Gasteiger partial charge is 0.335 e. The molecule has 2 aromatic rings. The highest BCUT2D eigenvalue weighted by atomic mass is 16.5. The topological polar surface area (TPSA) is 87.7 Å². The van der Waals surface area contributed by atoms with Crippen LogP contribution in [0.15, 0.2) is 54.6 Å². The average molecular weight is 408 g/mol. The Kier molecular flexibility index (Phi) is 6.45. The van der Waals surface area contributed by atoms with E-state index in [0.717, 1.165) is 36.8 Å². The van der Waals surface area contributed by atoms with Crippen molar-refractivity contribution in [2.24, 2.45) is 11.8 Å². The first-order valence-electron chi connectivity index (χ1n) is 10.6. The number of rotatable bonds is 9. The third kappa shape index (κ3) is 4.89. The Morgan fingerprint density at radius 1 is 0.933 bits per heavy atom. The number of carbonyl (C=O) groups is 2. The van der Waals surface area contributed by atoms with Crippen molar-refractivity contribution in [1.82, 2.24) is 10.9 Å². The lowest BCUT2D eigenvalue weighted by molar-refractivity contribution is -0.121. The van der Waals surface area contributed by atoms with E-state index in [2.05, 4.69) is 10.9 Å². The summed E-state index contributed by atoms with van der Waals surface area (Å²) in [5.74, 6) is -0.121. The van der Waals surface area contributed by atoms with Crippen molar-refractivity contribution < 1.29 is 19.4 Å². The molecule has 2 saturated heterocycles. The minimum absolute atomic E-state index is 0.0413. The number of aryl methyl sites for hydroxylation is 1. The summed E-state index contributed by atoms with van der Waals surface area (Å²) in [6.07, 6.45) is 4.99. The van der Waals surface area contributed by atoms with Gasteiger partial charge in [-0.2, -0.15) is 0 Å². The Labute approximate surface area is 176 Å². The SMILES string of the molecule is O=C(Cc1ccccc1)NNC[C@@H]1[C@@H](CCc2ccc(C(=O)O)cc2)[C@H]2CC[C@@H]1O2. The number of hydrazine groups is 1.